The van der Waals surface area contributed by atoms with Crippen LogP contribution in [0.25, 0.3) is 0 Å². The Balaban J connectivity index is 1.27. The van der Waals surface area contributed by atoms with Crippen LogP contribution >= 0.6 is 0 Å². The first kappa shape index (κ1) is 14.7. The first-order chi connectivity index (χ1) is 12.2. The fourth-order valence-electron chi connectivity index (χ4n) is 3.74. The summed E-state index contributed by atoms with van der Waals surface area (Å²) < 4.78 is 21.9. The molecule has 1 amide bonds. The molecule has 0 unspecified atom stereocenters. The molecule has 3 atom stereocenters. The number of hydrogen-bond acceptors (Lipinski definition) is 7. The lowest BCUT2D eigenvalue weighted by Gasteiger charge is -2.18. The van der Waals surface area contributed by atoms with Gasteiger partial charge in [-0.15, -0.1) is 0 Å². The van der Waals surface area contributed by atoms with Gasteiger partial charge in [-0.3, -0.25) is 4.79 Å². The number of rotatable bonds is 2. The van der Waals surface area contributed by atoms with Gasteiger partial charge in [0.15, 0.2) is 17.3 Å². The summed E-state index contributed by atoms with van der Waals surface area (Å²) in [6.07, 6.45) is 0.631. The zero-order chi connectivity index (χ0) is 17.0. The number of aromatic nitrogens is 2. The molecule has 0 saturated carbocycles. The van der Waals surface area contributed by atoms with Crippen LogP contribution < -0.4 is 9.47 Å². The van der Waals surface area contributed by atoms with E-state index in [9.17, 15) is 4.79 Å². The third-order valence-corrected chi connectivity index (χ3v) is 4.96. The molecule has 8 nitrogen and oxygen atoms in total. The summed E-state index contributed by atoms with van der Waals surface area (Å²) in [5.74, 6) is 2.71. The van der Waals surface area contributed by atoms with Crippen LogP contribution in [0, 0.1) is 12.8 Å². The third-order valence-electron chi connectivity index (χ3n) is 4.96. The highest BCUT2D eigenvalue weighted by Crippen LogP contribution is 2.41. The van der Waals surface area contributed by atoms with E-state index in [1.165, 1.54) is 0 Å². The monoisotopic (exact) mass is 343 g/mol. The van der Waals surface area contributed by atoms with Crippen LogP contribution in [-0.4, -0.2) is 46.9 Å². The van der Waals surface area contributed by atoms with Crippen molar-refractivity contribution in [2.24, 2.45) is 5.92 Å². The van der Waals surface area contributed by atoms with Crippen molar-refractivity contribution in [2.75, 3.05) is 19.9 Å². The van der Waals surface area contributed by atoms with Gasteiger partial charge < -0.3 is 23.6 Å². The lowest BCUT2D eigenvalue weighted by atomic mass is 10.0. The maximum absolute atomic E-state index is 12.8. The summed E-state index contributed by atoms with van der Waals surface area (Å²) in [5.41, 5.74) is 0.605. The number of likely N-dealkylation sites (tertiary alicyclic amines) is 1. The van der Waals surface area contributed by atoms with Gasteiger partial charge in [-0.2, -0.15) is 4.98 Å². The number of carbonyl (C=O) groups is 1. The molecular formula is C17H17N3O5. The minimum absolute atomic E-state index is 0.00941. The summed E-state index contributed by atoms with van der Waals surface area (Å²) in [4.78, 5) is 18.8. The third kappa shape index (κ3) is 2.44. The average molecular weight is 343 g/mol. The van der Waals surface area contributed by atoms with E-state index in [0.29, 0.717) is 41.9 Å². The highest BCUT2D eigenvalue weighted by Gasteiger charge is 2.45. The van der Waals surface area contributed by atoms with Crippen molar-refractivity contribution >= 4 is 5.91 Å². The van der Waals surface area contributed by atoms with Gasteiger partial charge in [-0.25, -0.2) is 0 Å². The van der Waals surface area contributed by atoms with Crippen LogP contribution in [0.2, 0.25) is 0 Å². The zero-order valence-corrected chi connectivity index (χ0v) is 13.7. The van der Waals surface area contributed by atoms with Crippen LogP contribution in [0.5, 0.6) is 11.5 Å². The maximum Gasteiger partial charge on any atom is 0.255 e. The number of hydrogen-bond donors (Lipinski definition) is 0. The Hall–Kier alpha value is -2.61. The topological polar surface area (TPSA) is 86.9 Å². The molecule has 1 aromatic heterocycles. The van der Waals surface area contributed by atoms with Crippen LogP contribution in [0.1, 0.15) is 34.6 Å². The molecule has 4 heterocycles. The quantitative estimate of drug-likeness (QED) is 0.820. The lowest BCUT2D eigenvalue weighted by Crippen LogP contribution is -2.30. The number of carbonyl (C=O) groups excluding carboxylic acids is 1. The molecule has 2 saturated heterocycles. The Kier molecular flexibility index (Phi) is 3.21. The molecule has 3 aliphatic heterocycles. The molecule has 5 rings (SSSR count). The van der Waals surface area contributed by atoms with Crippen LogP contribution in [0.4, 0.5) is 0 Å². The Labute approximate surface area is 143 Å². The first-order valence-electron chi connectivity index (χ1n) is 8.32. The van der Waals surface area contributed by atoms with E-state index < -0.39 is 0 Å². The van der Waals surface area contributed by atoms with Gasteiger partial charge in [0.25, 0.3) is 11.8 Å². The van der Waals surface area contributed by atoms with Gasteiger partial charge in [0.2, 0.25) is 6.79 Å². The minimum Gasteiger partial charge on any atom is -0.454 e. The van der Waals surface area contributed by atoms with Crippen LogP contribution in [-0.2, 0) is 4.74 Å². The predicted molar refractivity (Wildman–Crippen MR) is 83.2 cm³/mol. The second kappa shape index (κ2) is 5.45. The van der Waals surface area contributed by atoms with E-state index in [-0.39, 0.29) is 30.8 Å². The Morgan fingerprint density at radius 2 is 2.12 bits per heavy atom. The van der Waals surface area contributed by atoms with Crippen molar-refractivity contribution in [1.29, 1.82) is 0 Å². The highest BCUT2D eigenvalue weighted by molar-refractivity contribution is 5.95. The predicted octanol–water partition coefficient (Wildman–Crippen LogP) is 1.71. The molecule has 130 valence electrons. The van der Waals surface area contributed by atoms with Crippen molar-refractivity contribution in [3.63, 3.8) is 0 Å². The van der Waals surface area contributed by atoms with Crippen molar-refractivity contribution in [3.8, 4) is 11.5 Å². The minimum atomic E-state index is -0.168. The molecule has 2 aromatic rings. The van der Waals surface area contributed by atoms with Gasteiger partial charge in [-0.05, 0) is 31.5 Å². The zero-order valence-electron chi connectivity index (χ0n) is 13.7. The SMILES string of the molecule is Cc1noc([C@@H]2C[C@H]3CN(C(=O)c4ccc5c(c4)OCO5)C[C@H]3O2)n1. The van der Waals surface area contributed by atoms with Gasteiger partial charge in [0.05, 0.1) is 6.10 Å². The van der Waals surface area contributed by atoms with E-state index in [0.717, 1.165) is 6.42 Å². The van der Waals surface area contributed by atoms with Crippen molar-refractivity contribution in [3.05, 3.63) is 35.5 Å². The van der Waals surface area contributed by atoms with Crippen molar-refractivity contribution in [2.45, 2.75) is 25.6 Å². The normalized spacial score (nSPS) is 26.9. The van der Waals surface area contributed by atoms with Gasteiger partial charge >= 0.3 is 0 Å². The summed E-state index contributed by atoms with van der Waals surface area (Å²) >= 11 is 0. The van der Waals surface area contributed by atoms with E-state index in [2.05, 4.69) is 10.1 Å². The molecule has 0 spiro atoms. The van der Waals surface area contributed by atoms with E-state index in [1.54, 1.807) is 25.1 Å². The van der Waals surface area contributed by atoms with E-state index in [1.807, 2.05) is 4.90 Å². The molecule has 8 heteroatoms. The molecule has 2 fully saturated rings. The van der Waals surface area contributed by atoms with E-state index in [4.69, 9.17) is 18.7 Å². The second-order valence-corrected chi connectivity index (χ2v) is 6.62. The van der Waals surface area contributed by atoms with Crippen molar-refractivity contribution in [1.82, 2.24) is 15.0 Å². The summed E-state index contributed by atoms with van der Waals surface area (Å²) in [5, 5.41) is 3.81. The Bertz CT molecular complexity index is 821. The molecular weight excluding hydrogens is 326 g/mol. The largest absolute Gasteiger partial charge is 0.454 e. The maximum atomic E-state index is 12.8. The van der Waals surface area contributed by atoms with Crippen LogP contribution in [0.3, 0.4) is 0 Å². The fourth-order valence-corrected chi connectivity index (χ4v) is 3.74. The number of benzene rings is 1. The standard InChI is InChI=1S/C17H17N3O5/c1-9-18-16(25-19-9)14-5-11-6-20(7-15(11)24-14)17(21)10-2-3-12-13(4-10)23-8-22-12/h2-4,11,14-15H,5-8H2,1H3/t11-,14-,15+/m0/s1. The van der Waals surface area contributed by atoms with Gasteiger partial charge in [0.1, 0.15) is 6.10 Å². The second-order valence-electron chi connectivity index (χ2n) is 6.62. The highest BCUT2D eigenvalue weighted by atomic mass is 16.7. The molecule has 25 heavy (non-hydrogen) atoms. The molecule has 0 radical (unpaired) electrons. The number of aryl methyl sites for hydroxylation is 1. The van der Waals surface area contributed by atoms with Gasteiger partial charge in [0, 0.05) is 24.6 Å². The average Bonchev–Trinajstić information content (AvgIpc) is 3.35. The number of amides is 1. The summed E-state index contributed by atoms with van der Waals surface area (Å²) in [6.45, 7) is 3.23. The summed E-state index contributed by atoms with van der Waals surface area (Å²) in [6, 6.07) is 5.29. The molecule has 3 aliphatic rings. The Morgan fingerprint density at radius 1 is 1.24 bits per heavy atom. The molecule has 1 aromatic carbocycles. The molecule has 0 N–H and O–H groups in total. The first-order valence-corrected chi connectivity index (χ1v) is 8.32. The lowest BCUT2D eigenvalue weighted by molar-refractivity contribution is 0.0199. The number of nitrogens with zero attached hydrogens (tertiary/aromatic N) is 3. The fraction of sp³-hybridized carbons (Fsp3) is 0.471. The molecule has 0 bridgehead atoms. The van der Waals surface area contributed by atoms with E-state index >= 15 is 0 Å². The van der Waals surface area contributed by atoms with Crippen LogP contribution in [0.15, 0.2) is 22.7 Å². The smallest absolute Gasteiger partial charge is 0.255 e. The number of fused-ring (bicyclic) bond motifs is 2. The number of ether oxygens (including phenoxy) is 3. The Morgan fingerprint density at radius 3 is 2.92 bits per heavy atom. The molecule has 0 aliphatic carbocycles. The van der Waals surface area contributed by atoms with Crippen molar-refractivity contribution < 1.29 is 23.5 Å². The van der Waals surface area contributed by atoms with Gasteiger partial charge in [-0.1, -0.05) is 5.16 Å². The summed E-state index contributed by atoms with van der Waals surface area (Å²) in [7, 11) is 0.